The van der Waals surface area contributed by atoms with Gasteiger partial charge in [-0.1, -0.05) is 0 Å². The number of aromatic nitrogens is 3. The second-order valence-corrected chi connectivity index (χ2v) is 5.08. The van der Waals surface area contributed by atoms with Crippen molar-refractivity contribution < 1.29 is 4.74 Å². The Labute approximate surface area is 111 Å². The number of methoxy groups -OCH3 is 1. The Hall–Kier alpha value is -1.21. The maximum absolute atomic E-state index is 5.09. The lowest BCUT2D eigenvalue weighted by Crippen LogP contribution is -2.04. The summed E-state index contributed by atoms with van der Waals surface area (Å²) in [5.74, 6) is 1.04. The van der Waals surface area contributed by atoms with Crippen LogP contribution in [0, 0.1) is 6.92 Å². The molecule has 2 aromatic rings. The summed E-state index contributed by atoms with van der Waals surface area (Å²) in [6.07, 6.45) is 1.65. The molecule has 0 fully saturated rings. The summed E-state index contributed by atoms with van der Waals surface area (Å²) in [5, 5.41) is 6.12. The molecule has 0 aliphatic carbocycles. The van der Waals surface area contributed by atoms with Gasteiger partial charge >= 0.3 is 0 Å². The van der Waals surface area contributed by atoms with E-state index in [2.05, 4.69) is 36.2 Å². The van der Waals surface area contributed by atoms with E-state index in [9.17, 15) is 0 Å². The van der Waals surface area contributed by atoms with Crippen LogP contribution >= 0.6 is 27.3 Å². The van der Waals surface area contributed by atoms with Crippen molar-refractivity contribution in [2.24, 2.45) is 0 Å². The fourth-order valence-electron chi connectivity index (χ4n) is 1.22. The van der Waals surface area contributed by atoms with E-state index in [0.29, 0.717) is 18.4 Å². The van der Waals surface area contributed by atoms with Gasteiger partial charge in [-0.05, 0) is 22.9 Å². The standard InChI is InChI=1S/C10H11BrN4OS/c1-6-5-17-8(14-6)4-13-10-12-3-7(11)9(15-10)16-2/h3,5H,4H2,1-2H3,(H,12,13,15). The molecule has 0 aromatic carbocycles. The van der Waals surface area contributed by atoms with Gasteiger partial charge in [0, 0.05) is 11.1 Å². The zero-order valence-electron chi connectivity index (χ0n) is 9.40. The highest BCUT2D eigenvalue weighted by Gasteiger charge is 2.05. The van der Waals surface area contributed by atoms with Gasteiger partial charge in [0.25, 0.3) is 0 Å². The Bertz CT molecular complexity index is 517. The molecule has 0 unspecified atom stereocenters. The van der Waals surface area contributed by atoms with Crippen molar-refractivity contribution in [1.82, 2.24) is 15.0 Å². The number of ether oxygens (including phenoxy) is 1. The second-order valence-electron chi connectivity index (χ2n) is 3.29. The van der Waals surface area contributed by atoms with Crippen molar-refractivity contribution >= 4 is 33.2 Å². The van der Waals surface area contributed by atoms with Crippen LogP contribution in [0.15, 0.2) is 16.0 Å². The van der Waals surface area contributed by atoms with E-state index in [1.54, 1.807) is 24.6 Å². The number of anilines is 1. The molecule has 1 N–H and O–H groups in total. The van der Waals surface area contributed by atoms with E-state index in [0.717, 1.165) is 15.2 Å². The first-order chi connectivity index (χ1) is 8.19. The van der Waals surface area contributed by atoms with Crippen LogP contribution in [0.4, 0.5) is 5.95 Å². The molecular formula is C10H11BrN4OS. The number of halogens is 1. The quantitative estimate of drug-likeness (QED) is 0.940. The van der Waals surface area contributed by atoms with Crippen molar-refractivity contribution in [2.75, 3.05) is 12.4 Å². The van der Waals surface area contributed by atoms with Gasteiger partial charge in [0.15, 0.2) is 0 Å². The van der Waals surface area contributed by atoms with Crippen LogP contribution in [-0.4, -0.2) is 22.1 Å². The van der Waals surface area contributed by atoms with Crippen LogP contribution in [0.2, 0.25) is 0 Å². The summed E-state index contributed by atoms with van der Waals surface area (Å²) in [6, 6.07) is 0. The smallest absolute Gasteiger partial charge is 0.232 e. The Balaban J connectivity index is 2.04. The second kappa shape index (κ2) is 5.42. The summed E-state index contributed by atoms with van der Waals surface area (Å²) in [7, 11) is 1.57. The Morgan fingerprint density at radius 3 is 2.94 bits per heavy atom. The van der Waals surface area contributed by atoms with Gasteiger partial charge in [0.2, 0.25) is 11.8 Å². The molecule has 2 aromatic heterocycles. The van der Waals surface area contributed by atoms with Crippen molar-refractivity contribution in [1.29, 1.82) is 0 Å². The van der Waals surface area contributed by atoms with Gasteiger partial charge in [-0.25, -0.2) is 9.97 Å². The highest BCUT2D eigenvalue weighted by atomic mass is 79.9. The van der Waals surface area contributed by atoms with Gasteiger partial charge in [0.1, 0.15) is 5.01 Å². The van der Waals surface area contributed by atoms with Crippen LogP contribution in [0.1, 0.15) is 10.7 Å². The van der Waals surface area contributed by atoms with Gasteiger partial charge in [-0.2, -0.15) is 4.98 Å². The average molecular weight is 315 g/mol. The first kappa shape index (κ1) is 12.3. The molecule has 0 atom stereocenters. The predicted octanol–water partition coefficient (Wildman–Crippen LogP) is 2.62. The average Bonchev–Trinajstić information content (AvgIpc) is 2.74. The van der Waals surface area contributed by atoms with Crippen molar-refractivity contribution in [3.8, 4) is 5.88 Å². The Kier molecular flexibility index (Phi) is 3.90. The fourth-order valence-corrected chi connectivity index (χ4v) is 2.28. The molecule has 7 heteroatoms. The normalized spacial score (nSPS) is 10.3. The summed E-state index contributed by atoms with van der Waals surface area (Å²) >= 11 is 4.91. The topological polar surface area (TPSA) is 59.9 Å². The lowest BCUT2D eigenvalue weighted by Gasteiger charge is -2.05. The molecular weight excluding hydrogens is 304 g/mol. The van der Waals surface area contributed by atoms with E-state index in [4.69, 9.17) is 4.74 Å². The molecule has 90 valence electrons. The molecule has 0 aliphatic rings. The van der Waals surface area contributed by atoms with Crippen LogP contribution in [0.5, 0.6) is 5.88 Å². The van der Waals surface area contributed by atoms with E-state index >= 15 is 0 Å². The lowest BCUT2D eigenvalue weighted by molar-refractivity contribution is 0.394. The highest BCUT2D eigenvalue weighted by Crippen LogP contribution is 2.22. The minimum atomic E-state index is 0.512. The van der Waals surface area contributed by atoms with Crippen LogP contribution in [0.3, 0.4) is 0 Å². The Morgan fingerprint density at radius 1 is 1.47 bits per heavy atom. The molecule has 2 rings (SSSR count). The molecule has 0 aliphatic heterocycles. The molecule has 0 saturated carbocycles. The van der Waals surface area contributed by atoms with Gasteiger partial charge in [-0.3, -0.25) is 0 Å². The van der Waals surface area contributed by atoms with E-state index in [1.807, 2.05) is 12.3 Å². The third-order valence-corrected chi connectivity index (χ3v) is 3.48. The van der Waals surface area contributed by atoms with Gasteiger partial charge in [0.05, 0.1) is 24.3 Å². The molecule has 0 bridgehead atoms. The molecule has 0 radical (unpaired) electrons. The zero-order valence-corrected chi connectivity index (χ0v) is 11.8. The molecule has 0 spiro atoms. The summed E-state index contributed by atoms with van der Waals surface area (Å²) < 4.78 is 5.82. The lowest BCUT2D eigenvalue weighted by atomic mass is 10.5. The minimum absolute atomic E-state index is 0.512. The fraction of sp³-hybridized carbons (Fsp3) is 0.300. The van der Waals surface area contributed by atoms with E-state index < -0.39 is 0 Å². The molecule has 5 nitrogen and oxygen atoms in total. The van der Waals surface area contributed by atoms with Crippen LogP contribution in [-0.2, 0) is 6.54 Å². The molecule has 2 heterocycles. The summed E-state index contributed by atoms with van der Waals surface area (Å²) in [6.45, 7) is 2.59. The third-order valence-electron chi connectivity index (χ3n) is 1.97. The predicted molar refractivity (Wildman–Crippen MR) is 70.5 cm³/mol. The van der Waals surface area contributed by atoms with Crippen molar-refractivity contribution in [3.05, 3.63) is 26.8 Å². The number of rotatable bonds is 4. The highest BCUT2D eigenvalue weighted by molar-refractivity contribution is 9.10. The van der Waals surface area contributed by atoms with E-state index in [1.165, 1.54) is 0 Å². The van der Waals surface area contributed by atoms with Crippen LogP contribution in [0.25, 0.3) is 0 Å². The van der Waals surface area contributed by atoms with Gasteiger partial charge in [-0.15, -0.1) is 11.3 Å². The number of nitrogens with one attached hydrogen (secondary N) is 1. The maximum atomic E-state index is 5.09. The van der Waals surface area contributed by atoms with Crippen LogP contribution < -0.4 is 10.1 Å². The van der Waals surface area contributed by atoms with Crippen molar-refractivity contribution in [3.63, 3.8) is 0 Å². The van der Waals surface area contributed by atoms with Crippen molar-refractivity contribution in [2.45, 2.75) is 13.5 Å². The third kappa shape index (κ3) is 3.13. The number of nitrogens with zero attached hydrogens (tertiary/aromatic N) is 3. The SMILES string of the molecule is COc1nc(NCc2nc(C)cs2)ncc1Br. The Morgan fingerprint density at radius 2 is 2.29 bits per heavy atom. The summed E-state index contributed by atoms with van der Waals surface area (Å²) in [5.41, 5.74) is 1.03. The number of hydrogen-bond acceptors (Lipinski definition) is 6. The first-order valence-corrected chi connectivity index (χ1v) is 6.57. The maximum Gasteiger partial charge on any atom is 0.232 e. The van der Waals surface area contributed by atoms with E-state index in [-0.39, 0.29) is 0 Å². The molecule has 0 amide bonds. The zero-order chi connectivity index (χ0) is 12.3. The number of hydrogen-bond donors (Lipinski definition) is 1. The summed E-state index contributed by atoms with van der Waals surface area (Å²) in [4.78, 5) is 12.7. The molecule has 17 heavy (non-hydrogen) atoms. The first-order valence-electron chi connectivity index (χ1n) is 4.90. The van der Waals surface area contributed by atoms with Gasteiger partial charge < -0.3 is 10.1 Å². The molecule has 0 saturated heterocycles. The minimum Gasteiger partial charge on any atom is -0.480 e. The largest absolute Gasteiger partial charge is 0.480 e. The number of thiazole rings is 1. The number of aryl methyl sites for hydroxylation is 1. The monoisotopic (exact) mass is 314 g/mol.